The van der Waals surface area contributed by atoms with Gasteiger partial charge in [-0.1, -0.05) is 13.8 Å². The highest BCUT2D eigenvalue weighted by molar-refractivity contribution is 5.17. The summed E-state index contributed by atoms with van der Waals surface area (Å²) in [7, 11) is 0. The molecule has 108 valence electrons. The molecule has 1 rings (SSSR count). The van der Waals surface area contributed by atoms with Gasteiger partial charge in [0, 0.05) is 19.3 Å². The van der Waals surface area contributed by atoms with Crippen LogP contribution < -0.4 is 16.0 Å². The fourth-order valence-electron chi connectivity index (χ4n) is 1.55. The van der Waals surface area contributed by atoms with Crippen LogP contribution in [0, 0.1) is 5.92 Å². The Hall–Kier alpha value is -1.33. The first-order valence-electron chi connectivity index (χ1n) is 6.75. The van der Waals surface area contributed by atoms with Gasteiger partial charge in [0.25, 0.3) is 5.56 Å². The third kappa shape index (κ3) is 5.89. The summed E-state index contributed by atoms with van der Waals surface area (Å²) in [5.41, 5.74) is 5.22. The van der Waals surface area contributed by atoms with E-state index in [-0.39, 0.29) is 5.56 Å². The number of rotatable bonds is 9. The van der Waals surface area contributed by atoms with Crippen LogP contribution in [0.15, 0.2) is 23.1 Å². The molecule has 5 heteroatoms. The van der Waals surface area contributed by atoms with Gasteiger partial charge in [-0.3, -0.25) is 4.79 Å². The van der Waals surface area contributed by atoms with Gasteiger partial charge < -0.3 is 19.8 Å². The molecule has 0 radical (unpaired) electrons. The second-order valence-electron chi connectivity index (χ2n) is 4.80. The smallest absolute Gasteiger partial charge is 0.292 e. The molecule has 1 heterocycles. The predicted molar refractivity (Wildman–Crippen MR) is 75.5 cm³/mol. The van der Waals surface area contributed by atoms with Crippen molar-refractivity contribution in [1.82, 2.24) is 4.57 Å². The largest absolute Gasteiger partial charge is 0.488 e. The SMILES string of the molecule is CC(C)CCOc1cccn(CCOCCN)c1=O. The number of hydrogen-bond acceptors (Lipinski definition) is 4. The van der Waals surface area contributed by atoms with Crippen LogP contribution >= 0.6 is 0 Å². The van der Waals surface area contributed by atoms with Crippen molar-refractivity contribution in [3.8, 4) is 5.75 Å². The summed E-state index contributed by atoms with van der Waals surface area (Å²) >= 11 is 0. The Morgan fingerprint density at radius 1 is 1.32 bits per heavy atom. The van der Waals surface area contributed by atoms with Crippen molar-refractivity contribution in [2.24, 2.45) is 11.7 Å². The van der Waals surface area contributed by atoms with Gasteiger partial charge in [0.15, 0.2) is 5.75 Å². The van der Waals surface area contributed by atoms with Gasteiger partial charge in [-0.15, -0.1) is 0 Å². The van der Waals surface area contributed by atoms with Gasteiger partial charge in [0.05, 0.1) is 19.8 Å². The molecule has 0 saturated carbocycles. The maximum absolute atomic E-state index is 12.1. The lowest BCUT2D eigenvalue weighted by Crippen LogP contribution is -2.24. The lowest BCUT2D eigenvalue weighted by molar-refractivity contribution is 0.132. The van der Waals surface area contributed by atoms with Crippen molar-refractivity contribution in [2.75, 3.05) is 26.4 Å². The van der Waals surface area contributed by atoms with E-state index in [4.69, 9.17) is 15.2 Å². The Morgan fingerprint density at radius 2 is 2.11 bits per heavy atom. The molecule has 2 N–H and O–H groups in total. The van der Waals surface area contributed by atoms with Crippen LogP contribution in [0.2, 0.25) is 0 Å². The highest BCUT2D eigenvalue weighted by Gasteiger charge is 2.04. The Morgan fingerprint density at radius 3 is 2.79 bits per heavy atom. The van der Waals surface area contributed by atoms with E-state index in [1.165, 1.54) is 0 Å². The topological polar surface area (TPSA) is 66.5 Å². The van der Waals surface area contributed by atoms with Crippen molar-refractivity contribution in [3.05, 3.63) is 28.7 Å². The molecular formula is C14H24N2O3. The van der Waals surface area contributed by atoms with Crippen molar-refractivity contribution in [2.45, 2.75) is 26.8 Å². The molecule has 0 aromatic carbocycles. The van der Waals surface area contributed by atoms with E-state index in [1.807, 2.05) is 6.07 Å². The molecule has 5 nitrogen and oxygen atoms in total. The van der Waals surface area contributed by atoms with E-state index in [1.54, 1.807) is 16.8 Å². The standard InChI is InChI=1S/C14H24N2O3/c1-12(2)5-9-19-13-4-3-7-16(14(13)17)8-11-18-10-6-15/h3-4,7,12H,5-6,8-11,15H2,1-2H3. The minimum absolute atomic E-state index is 0.109. The average molecular weight is 268 g/mol. The number of hydrogen-bond donors (Lipinski definition) is 1. The molecular weight excluding hydrogens is 244 g/mol. The first-order chi connectivity index (χ1) is 9.15. The van der Waals surface area contributed by atoms with Crippen LogP contribution in [0.5, 0.6) is 5.75 Å². The summed E-state index contributed by atoms with van der Waals surface area (Å²) in [5, 5.41) is 0. The van der Waals surface area contributed by atoms with E-state index in [9.17, 15) is 4.79 Å². The highest BCUT2D eigenvalue weighted by Crippen LogP contribution is 2.05. The van der Waals surface area contributed by atoms with Gasteiger partial charge in [0.1, 0.15) is 0 Å². The molecule has 1 aromatic rings. The molecule has 0 aliphatic heterocycles. The first kappa shape index (κ1) is 15.7. The van der Waals surface area contributed by atoms with Gasteiger partial charge in [-0.25, -0.2) is 0 Å². The van der Waals surface area contributed by atoms with E-state index in [0.29, 0.717) is 44.6 Å². The first-order valence-corrected chi connectivity index (χ1v) is 6.75. The Bertz CT molecular complexity index is 415. The Labute approximate surface area is 114 Å². The minimum atomic E-state index is -0.109. The zero-order valence-electron chi connectivity index (χ0n) is 11.8. The Kier molecular flexibility index (Phi) is 7.22. The highest BCUT2D eigenvalue weighted by atomic mass is 16.5. The average Bonchev–Trinajstić information content (AvgIpc) is 2.38. The van der Waals surface area contributed by atoms with Crippen LogP contribution in [0.4, 0.5) is 0 Å². The van der Waals surface area contributed by atoms with E-state index >= 15 is 0 Å². The molecule has 1 aromatic heterocycles. The summed E-state index contributed by atoms with van der Waals surface area (Å²) in [6.07, 6.45) is 2.68. The van der Waals surface area contributed by atoms with Crippen LogP contribution in [0.3, 0.4) is 0 Å². The molecule has 0 fully saturated rings. The summed E-state index contributed by atoms with van der Waals surface area (Å²) in [5.74, 6) is 0.970. The fraction of sp³-hybridized carbons (Fsp3) is 0.643. The second-order valence-corrected chi connectivity index (χ2v) is 4.80. The van der Waals surface area contributed by atoms with Crippen LogP contribution in [0.25, 0.3) is 0 Å². The van der Waals surface area contributed by atoms with Crippen LogP contribution in [-0.2, 0) is 11.3 Å². The second kappa shape index (κ2) is 8.72. The van der Waals surface area contributed by atoms with Gasteiger partial charge in [-0.05, 0) is 24.5 Å². The van der Waals surface area contributed by atoms with Crippen molar-refractivity contribution in [1.29, 1.82) is 0 Å². The normalized spacial score (nSPS) is 10.9. The van der Waals surface area contributed by atoms with E-state index in [0.717, 1.165) is 6.42 Å². The van der Waals surface area contributed by atoms with Crippen molar-refractivity contribution < 1.29 is 9.47 Å². The lowest BCUT2D eigenvalue weighted by Gasteiger charge is -2.10. The molecule has 0 aliphatic carbocycles. The fourth-order valence-corrected chi connectivity index (χ4v) is 1.55. The third-order valence-electron chi connectivity index (χ3n) is 2.68. The molecule has 0 bridgehead atoms. The zero-order valence-corrected chi connectivity index (χ0v) is 11.8. The Balaban J connectivity index is 2.52. The quantitative estimate of drug-likeness (QED) is 0.684. The van der Waals surface area contributed by atoms with Gasteiger partial charge >= 0.3 is 0 Å². The van der Waals surface area contributed by atoms with Gasteiger partial charge in [-0.2, -0.15) is 0 Å². The number of ether oxygens (including phenoxy) is 2. The lowest BCUT2D eigenvalue weighted by atomic mass is 10.1. The third-order valence-corrected chi connectivity index (χ3v) is 2.68. The number of nitrogens with two attached hydrogens (primary N) is 1. The molecule has 0 spiro atoms. The van der Waals surface area contributed by atoms with E-state index in [2.05, 4.69) is 13.8 Å². The molecule has 19 heavy (non-hydrogen) atoms. The molecule has 0 unspecified atom stereocenters. The summed E-state index contributed by atoms with van der Waals surface area (Å²) in [6, 6.07) is 3.52. The van der Waals surface area contributed by atoms with Crippen molar-refractivity contribution in [3.63, 3.8) is 0 Å². The van der Waals surface area contributed by atoms with Crippen molar-refractivity contribution >= 4 is 0 Å². The van der Waals surface area contributed by atoms with E-state index < -0.39 is 0 Å². The number of pyridine rings is 1. The van der Waals surface area contributed by atoms with Gasteiger partial charge in [0.2, 0.25) is 0 Å². The number of aromatic nitrogens is 1. The summed E-state index contributed by atoms with van der Waals surface area (Å²) in [4.78, 5) is 12.1. The maximum atomic E-state index is 12.1. The molecule has 0 atom stereocenters. The maximum Gasteiger partial charge on any atom is 0.292 e. The van der Waals surface area contributed by atoms with Crippen LogP contribution in [0.1, 0.15) is 20.3 Å². The molecule has 0 aliphatic rings. The number of nitrogens with zero attached hydrogens (tertiary/aromatic N) is 1. The molecule has 0 amide bonds. The summed E-state index contributed by atoms with van der Waals surface area (Å²) < 4.78 is 12.4. The predicted octanol–water partition coefficient (Wildman–Crippen LogP) is 1.25. The zero-order chi connectivity index (χ0) is 14.1. The van der Waals surface area contributed by atoms with Crippen LogP contribution in [-0.4, -0.2) is 30.9 Å². The summed E-state index contributed by atoms with van der Waals surface area (Å²) in [6.45, 7) is 6.82. The minimum Gasteiger partial charge on any atom is -0.488 e. The molecule has 0 saturated heterocycles. The monoisotopic (exact) mass is 268 g/mol.